The molecule has 0 aliphatic heterocycles. The first kappa shape index (κ1) is 20.5. The number of nitro groups is 1. The van der Waals surface area contributed by atoms with E-state index in [2.05, 4.69) is 15.5 Å². The Hall–Kier alpha value is -3.27. The molecule has 0 fully saturated rings. The van der Waals surface area contributed by atoms with E-state index in [0.29, 0.717) is 17.7 Å². The van der Waals surface area contributed by atoms with Crippen LogP contribution < -0.4 is 5.32 Å². The molecule has 9 nitrogen and oxygen atoms in total. The van der Waals surface area contributed by atoms with Gasteiger partial charge in [0, 0.05) is 22.3 Å². The van der Waals surface area contributed by atoms with Gasteiger partial charge >= 0.3 is 5.69 Å². The molecule has 0 aliphatic rings. The highest BCUT2D eigenvalue weighted by Crippen LogP contribution is 2.22. The number of nitrogens with one attached hydrogen (secondary N) is 1. The number of halogens is 2. The van der Waals surface area contributed by atoms with E-state index in [1.165, 1.54) is 27.7 Å². The van der Waals surface area contributed by atoms with Crippen LogP contribution in [0, 0.1) is 22.9 Å². The first-order valence-corrected chi connectivity index (χ1v) is 9.14. The number of benzene rings is 1. The monoisotopic (exact) mass is 420 g/mol. The Balaban J connectivity index is 1.77. The molecule has 0 aliphatic carbocycles. The number of nitrogens with zero attached hydrogens (tertiary/aromatic N) is 5. The lowest BCUT2D eigenvalue weighted by Gasteiger charge is -2.14. The maximum atomic E-state index is 14.0. The number of carbonyl (C=O) groups is 1. The molecule has 2 aromatic heterocycles. The molecule has 0 spiro atoms. The van der Waals surface area contributed by atoms with Crippen LogP contribution in [0.25, 0.3) is 0 Å². The average Bonchev–Trinajstić information content (AvgIpc) is 3.26. The maximum absolute atomic E-state index is 14.0. The zero-order valence-corrected chi connectivity index (χ0v) is 16.4. The van der Waals surface area contributed by atoms with Crippen molar-refractivity contribution in [2.45, 2.75) is 32.9 Å². The molecule has 1 atom stereocenters. The summed E-state index contributed by atoms with van der Waals surface area (Å²) >= 11 is 6.07. The largest absolute Gasteiger partial charge is 0.307 e. The van der Waals surface area contributed by atoms with Gasteiger partial charge in [0.1, 0.15) is 24.3 Å². The quantitative estimate of drug-likeness (QED) is 0.463. The van der Waals surface area contributed by atoms with Crippen LogP contribution in [-0.4, -0.2) is 30.4 Å². The Kier molecular flexibility index (Phi) is 5.92. The van der Waals surface area contributed by atoms with Crippen molar-refractivity contribution in [3.05, 3.63) is 68.9 Å². The molecule has 0 saturated heterocycles. The molecule has 1 N–H and O–H groups in total. The molecular weight excluding hydrogens is 403 g/mol. The van der Waals surface area contributed by atoms with Crippen molar-refractivity contribution < 1.29 is 14.1 Å². The second kappa shape index (κ2) is 8.39. The lowest BCUT2D eigenvalue weighted by Crippen LogP contribution is -2.26. The van der Waals surface area contributed by atoms with Crippen molar-refractivity contribution in [2.75, 3.05) is 5.32 Å². The predicted molar refractivity (Wildman–Crippen MR) is 104 cm³/mol. The lowest BCUT2D eigenvalue weighted by molar-refractivity contribution is -0.385. The number of hydrogen-bond donors (Lipinski definition) is 1. The minimum atomic E-state index is -0.741. The van der Waals surface area contributed by atoms with Gasteiger partial charge in [-0.3, -0.25) is 24.3 Å². The summed E-state index contributed by atoms with van der Waals surface area (Å²) in [6.07, 6.45) is 2.67. The number of carbonyl (C=O) groups excluding carboxylic acids is 1. The molecule has 3 rings (SSSR count). The normalized spacial score (nSPS) is 12.0. The molecule has 152 valence electrons. The summed E-state index contributed by atoms with van der Waals surface area (Å²) in [5.41, 5.74) is 0.800. The van der Waals surface area contributed by atoms with Gasteiger partial charge in [0.2, 0.25) is 5.91 Å². The highest BCUT2D eigenvalue weighted by atomic mass is 35.5. The van der Waals surface area contributed by atoms with Crippen LogP contribution in [0.2, 0.25) is 5.02 Å². The van der Waals surface area contributed by atoms with Gasteiger partial charge in [-0.25, -0.2) is 4.39 Å². The fraction of sp³-hybridized carbons (Fsp3) is 0.278. The van der Waals surface area contributed by atoms with Gasteiger partial charge in [-0.15, -0.1) is 0 Å². The molecule has 1 unspecified atom stereocenters. The average molecular weight is 421 g/mol. The van der Waals surface area contributed by atoms with E-state index in [1.54, 1.807) is 26.0 Å². The molecule has 3 aromatic rings. The summed E-state index contributed by atoms with van der Waals surface area (Å²) in [5, 5.41) is 22.0. The van der Waals surface area contributed by atoms with Crippen LogP contribution in [0.15, 0.2) is 36.7 Å². The molecule has 0 radical (unpaired) electrons. The summed E-state index contributed by atoms with van der Waals surface area (Å²) in [4.78, 5) is 22.9. The fourth-order valence-corrected chi connectivity index (χ4v) is 3.08. The SMILES string of the molecule is CCC(C(=O)Nc1cc(C)n(Cc2c(F)cccc2Cl)n1)n1cc([N+](=O)[O-])cn1. The van der Waals surface area contributed by atoms with Gasteiger partial charge in [0.25, 0.3) is 0 Å². The second-order valence-corrected chi connectivity index (χ2v) is 6.78. The molecule has 29 heavy (non-hydrogen) atoms. The Labute approximate surface area is 170 Å². The van der Waals surface area contributed by atoms with Gasteiger partial charge in [0.05, 0.1) is 11.5 Å². The molecular formula is C18H18ClFN6O3. The predicted octanol–water partition coefficient (Wildman–Crippen LogP) is 3.73. The number of amides is 1. The van der Waals surface area contributed by atoms with Gasteiger partial charge in [-0.05, 0) is 25.5 Å². The summed E-state index contributed by atoms with van der Waals surface area (Å²) in [6.45, 7) is 3.64. The zero-order valence-electron chi connectivity index (χ0n) is 15.7. The van der Waals surface area contributed by atoms with Crippen LogP contribution in [0.5, 0.6) is 0 Å². The number of hydrogen-bond acceptors (Lipinski definition) is 5. The summed E-state index contributed by atoms with van der Waals surface area (Å²) in [7, 11) is 0. The van der Waals surface area contributed by atoms with E-state index >= 15 is 0 Å². The Bertz CT molecular complexity index is 1040. The number of aryl methyl sites for hydroxylation is 1. The van der Waals surface area contributed by atoms with Crippen LogP contribution in [0.4, 0.5) is 15.9 Å². The highest BCUT2D eigenvalue weighted by Gasteiger charge is 2.23. The molecule has 0 bridgehead atoms. The van der Waals surface area contributed by atoms with E-state index in [4.69, 9.17) is 11.6 Å². The van der Waals surface area contributed by atoms with Gasteiger partial charge in [0.15, 0.2) is 5.82 Å². The Morgan fingerprint density at radius 3 is 2.83 bits per heavy atom. The molecule has 2 heterocycles. The van der Waals surface area contributed by atoms with Crippen LogP contribution in [-0.2, 0) is 11.3 Å². The summed E-state index contributed by atoms with van der Waals surface area (Å²) < 4.78 is 16.8. The summed E-state index contributed by atoms with van der Waals surface area (Å²) in [5.74, 6) is -0.580. The Morgan fingerprint density at radius 2 is 2.21 bits per heavy atom. The standard InChI is InChI=1S/C18H18ClFN6O3/c1-3-16(25-9-12(8-21-25)26(28)29)18(27)22-17-7-11(2)24(23-17)10-13-14(19)5-4-6-15(13)20/h4-9,16H,3,10H2,1-2H3,(H,22,23,27). The van der Waals surface area contributed by atoms with Crippen LogP contribution in [0.3, 0.4) is 0 Å². The van der Waals surface area contributed by atoms with Crippen molar-refractivity contribution in [2.24, 2.45) is 0 Å². The molecule has 1 amide bonds. The first-order valence-electron chi connectivity index (χ1n) is 8.77. The molecule has 1 aromatic carbocycles. The number of anilines is 1. The maximum Gasteiger partial charge on any atom is 0.307 e. The fourth-order valence-electron chi connectivity index (χ4n) is 2.86. The van der Waals surface area contributed by atoms with Crippen LogP contribution in [0.1, 0.15) is 30.6 Å². The lowest BCUT2D eigenvalue weighted by atomic mass is 10.2. The van der Waals surface area contributed by atoms with Crippen molar-refractivity contribution in [3.8, 4) is 0 Å². The van der Waals surface area contributed by atoms with E-state index < -0.39 is 22.7 Å². The van der Waals surface area contributed by atoms with E-state index in [9.17, 15) is 19.3 Å². The minimum absolute atomic E-state index is 0.107. The van der Waals surface area contributed by atoms with E-state index in [0.717, 1.165) is 6.20 Å². The molecule has 11 heteroatoms. The minimum Gasteiger partial charge on any atom is -0.307 e. The zero-order chi connectivity index (χ0) is 21.1. The molecule has 0 saturated carbocycles. The van der Waals surface area contributed by atoms with Gasteiger partial charge in [-0.1, -0.05) is 24.6 Å². The van der Waals surface area contributed by atoms with Crippen molar-refractivity contribution >= 4 is 29.0 Å². The number of aromatic nitrogens is 4. The number of rotatable bonds is 7. The highest BCUT2D eigenvalue weighted by molar-refractivity contribution is 6.31. The second-order valence-electron chi connectivity index (χ2n) is 6.38. The third-order valence-electron chi connectivity index (χ3n) is 4.41. The van der Waals surface area contributed by atoms with Crippen molar-refractivity contribution in [3.63, 3.8) is 0 Å². The van der Waals surface area contributed by atoms with E-state index in [-0.39, 0.29) is 23.1 Å². The van der Waals surface area contributed by atoms with Gasteiger partial charge in [-0.2, -0.15) is 10.2 Å². The van der Waals surface area contributed by atoms with E-state index in [1.807, 2.05) is 0 Å². The smallest absolute Gasteiger partial charge is 0.307 e. The third kappa shape index (κ3) is 4.43. The topological polar surface area (TPSA) is 108 Å². The third-order valence-corrected chi connectivity index (χ3v) is 4.76. The van der Waals surface area contributed by atoms with Crippen molar-refractivity contribution in [1.29, 1.82) is 0 Å². The van der Waals surface area contributed by atoms with Crippen LogP contribution >= 0.6 is 11.6 Å². The Morgan fingerprint density at radius 1 is 1.45 bits per heavy atom. The van der Waals surface area contributed by atoms with Crippen molar-refractivity contribution in [1.82, 2.24) is 19.6 Å². The van der Waals surface area contributed by atoms with Gasteiger partial charge < -0.3 is 5.32 Å². The first-order chi connectivity index (χ1) is 13.8. The summed E-state index contributed by atoms with van der Waals surface area (Å²) in [6, 6.07) is 5.34.